The Hall–Kier alpha value is -3.49. The minimum absolute atomic E-state index is 0.183. The molecule has 0 amide bonds. The minimum atomic E-state index is -0.424. The second kappa shape index (κ2) is 5.80. The zero-order valence-corrected chi connectivity index (χ0v) is 14.5. The Kier molecular flexibility index (Phi) is 3.57. The van der Waals surface area contributed by atoms with Gasteiger partial charge in [0.2, 0.25) is 11.8 Å². The molecule has 0 aliphatic heterocycles. The van der Waals surface area contributed by atoms with Gasteiger partial charge in [-0.3, -0.25) is 13.9 Å². The van der Waals surface area contributed by atoms with Crippen LogP contribution in [0.5, 0.6) is 0 Å². The van der Waals surface area contributed by atoms with Gasteiger partial charge in [0.05, 0.1) is 6.33 Å². The van der Waals surface area contributed by atoms with Crippen molar-refractivity contribution in [3.8, 4) is 11.5 Å². The summed E-state index contributed by atoms with van der Waals surface area (Å²) < 4.78 is 9.71. The third-order valence-corrected chi connectivity index (χ3v) is 4.25. The van der Waals surface area contributed by atoms with Gasteiger partial charge < -0.3 is 8.98 Å². The molecule has 0 bridgehead atoms. The fourth-order valence-electron chi connectivity index (χ4n) is 2.87. The molecule has 0 unspecified atom stereocenters. The van der Waals surface area contributed by atoms with E-state index in [1.54, 1.807) is 11.6 Å². The van der Waals surface area contributed by atoms with Crippen molar-refractivity contribution in [3.05, 3.63) is 62.9 Å². The SMILES string of the molecule is Cc1cccc(-c2nnc(Cn3cnc4c3c(=O)n(C)c(=O)n4C)o2)c1. The second-order valence-electron chi connectivity index (χ2n) is 6.12. The van der Waals surface area contributed by atoms with Crippen molar-refractivity contribution >= 4 is 11.2 Å². The molecule has 0 aliphatic carbocycles. The minimum Gasteiger partial charge on any atom is -0.419 e. The number of rotatable bonds is 3. The van der Waals surface area contributed by atoms with Crippen molar-refractivity contribution in [2.45, 2.75) is 13.5 Å². The van der Waals surface area contributed by atoms with E-state index in [1.807, 2.05) is 31.2 Å². The van der Waals surface area contributed by atoms with E-state index in [2.05, 4.69) is 15.2 Å². The van der Waals surface area contributed by atoms with Gasteiger partial charge in [0.1, 0.15) is 6.54 Å². The largest absolute Gasteiger partial charge is 0.419 e. The van der Waals surface area contributed by atoms with Crippen molar-refractivity contribution in [1.29, 1.82) is 0 Å². The van der Waals surface area contributed by atoms with E-state index >= 15 is 0 Å². The lowest BCUT2D eigenvalue weighted by atomic mass is 10.1. The lowest BCUT2D eigenvalue weighted by Crippen LogP contribution is -2.37. The molecule has 0 saturated heterocycles. The molecule has 3 heterocycles. The molecule has 0 spiro atoms. The molecule has 0 aliphatic rings. The van der Waals surface area contributed by atoms with E-state index in [0.717, 1.165) is 15.7 Å². The predicted molar refractivity (Wildman–Crippen MR) is 93.8 cm³/mol. The van der Waals surface area contributed by atoms with Crippen molar-refractivity contribution in [2.75, 3.05) is 0 Å². The van der Waals surface area contributed by atoms with E-state index in [0.29, 0.717) is 22.9 Å². The maximum Gasteiger partial charge on any atom is 0.332 e. The van der Waals surface area contributed by atoms with Crippen LogP contribution in [-0.2, 0) is 20.6 Å². The molecule has 0 radical (unpaired) electrons. The van der Waals surface area contributed by atoms with Crippen molar-refractivity contribution in [3.63, 3.8) is 0 Å². The van der Waals surface area contributed by atoms with E-state index in [9.17, 15) is 9.59 Å². The third-order valence-electron chi connectivity index (χ3n) is 4.25. The van der Waals surface area contributed by atoms with E-state index in [1.165, 1.54) is 17.9 Å². The van der Waals surface area contributed by atoms with Crippen molar-refractivity contribution in [1.82, 2.24) is 28.9 Å². The van der Waals surface area contributed by atoms with Crippen LogP contribution in [0.15, 0.2) is 44.6 Å². The molecule has 1 aromatic carbocycles. The molecule has 9 nitrogen and oxygen atoms in total. The van der Waals surface area contributed by atoms with E-state index in [4.69, 9.17) is 4.42 Å². The Bertz CT molecular complexity index is 1240. The molecule has 26 heavy (non-hydrogen) atoms. The summed E-state index contributed by atoms with van der Waals surface area (Å²) in [5.74, 6) is 0.755. The lowest BCUT2D eigenvalue weighted by Gasteiger charge is -2.04. The topological polar surface area (TPSA) is 101 Å². The Morgan fingerprint density at radius 1 is 1.12 bits per heavy atom. The molecule has 9 heteroatoms. The number of aromatic nitrogens is 6. The van der Waals surface area contributed by atoms with Gasteiger partial charge in [0.15, 0.2) is 11.2 Å². The normalized spacial score (nSPS) is 11.3. The maximum atomic E-state index is 12.5. The summed E-state index contributed by atoms with van der Waals surface area (Å²) in [4.78, 5) is 28.6. The van der Waals surface area contributed by atoms with Crippen LogP contribution in [0.4, 0.5) is 0 Å². The van der Waals surface area contributed by atoms with Gasteiger partial charge in [0, 0.05) is 19.7 Å². The van der Waals surface area contributed by atoms with Gasteiger partial charge in [-0.1, -0.05) is 17.7 Å². The van der Waals surface area contributed by atoms with Crippen molar-refractivity contribution in [2.24, 2.45) is 14.1 Å². The molecular formula is C17H16N6O3. The first-order valence-electron chi connectivity index (χ1n) is 7.96. The summed E-state index contributed by atoms with van der Waals surface area (Å²) in [6.07, 6.45) is 1.49. The van der Waals surface area contributed by atoms with Gasteiger partial charge in [0.25, 0.3) is 5.56 Å². The van der Waals surface area contributed by atoms with Crippen LogP contribution in [0, 0.1) is 6.92 Å². The Morgan fingerprint density at radius 3 is 2.69 bits per heavy atom. The van der Waals surface area contributed by atoms with Crippen LogP contribution in [0.25, 0.3) is 22.6 Å². The quantitative estimate of drug-likeness (QED) is 0.542. The Balaban J connectivity index is 1.75. The molecule has 132 valence electrons. The van der Waals surface area contributed by atoms with Crippen LogP contribution in [-0.4, -0.2) is 28.9 Å². The molecule has 3 aromatic heterocycles. The number of benzene rings is 1. The van der Waals surface area contributed by atoms with Crippen LogP contribution in [0.1, 0.15) is 11.5 Å². The highest BCUT2D eigenvalue weighted by atomic mass is 16.4. The number of imidazole rings is 1. The summed E-state index contributed by atoms with van der Waals surface area (Å²) >= 11 is 0. The number of fused-ring (bicyclic) bond motifs is 1. The van der Waals surface area contributed by atoms with Crippen LogP contribution in [0.2, 0.25) is 0 Å². The summed E-state index contributed by atoms with van der Waals surface area (Å²) in [5.41, 5.74) is 1.71. The smallest absolute Gasteiger partial charge is 0.332 e. The summed E-state index contributed by atoms with van der Waals surface area (Å²) in [6.45, 7) is 2.17. The first kappa shape index (κ1) is 16.0. The summed E-state index contributed by atoms with van der Waals surface area (Å²) in [6, 6.07) is 7.75. The predicted octanol–water partition coefficient (Wildman–Crippen LogP) is 0.840. The number of aryl methyl sites for hydroxylation is 2. The highest BCUT2D eigenvalue weighted by Crippen LogP contribution is 2.19. The number of hydrogen-bond acceptors (Lipinski definition) is 6. The van der Waals surface area contributed by atoms with Crippen LogP contribution in [0.3, 0.4) is 0 Å². The molecule has 0 N–H and O–H groups in total. The highest BCUT2D eigenvalue weighted by Gasteiger charge is 2.16. The van der Waals surface area contributed by atoms with Gasteiger partial charge in [-0.25, -0.2) is 9.78 Å². The van der Waals surface area contributed by atoms with Crippen LogP contribution < -0.4 is 11.2 Å². The Morgan fingerprint density at radius 2 is 1.92 bits per heavy atom. The Labute approximate surface area is 147 Å². The van der Waals surface area contributed by atoms with E-state index < -0.39 is 11.2 Å². The average Bonchev–Trinajstić information content (AvgIpc) is 3.26. The second-order valence-corrected chi connectivity index (χ2v) is 6.12. The third kappa shape index (κ3) is 2.44. The van der Waals surface area contributed by atoms with Gasteiger partial charge in [-0.05, 0) is 19.1 Å². The lowest BCUT2D eigenvalue weighted by molar-refractivity contribution is 0.490. The molecule has 4 rings (SSSR count). The molecule has 0 saturated carbocycles. The molecular weight excluding hydrogens is 336 g/mol. The number of nitrogens with zero attached hydrogens (tertiary/aromatic N) is 6. The monoisotopic (exact) mass is 352 g/mol. The number of hydrogen-bond donors (Lipinski definition) is 0. The zero-order valence-electron chi connectivity index (χ0n) is 14.5. The summed E-state index contributed by atoms with van der Waals surface area (Å²) in [5, 5.41) is 8.12. The molecule has 0 atom stereocenters. The first-order valence-corrected chi connectivity index (χ1v) is 7.96. The van der Waals surface area contributed by atoms with Gasteiger partial charge in [-0.15, -0.1) is 10.2 Å². The zero-order chi connectivity index (χ0) is 18.4. The standard InChI is InChI=1S/C17H16N6O3/c1-10-5-4-6-11(7-10)15-20-19-12(26-15)8-23-9-18-14-13(23)16(24)22(3)17(25)21(14)2/h4-7,9H,8H2,1-3H3. The summed E-state index contributed by atoms with van der Waals surface area (Å²) in [7, 11) is 3.01. The first-order chi connectivity index (χ1) is 12.5. The molecule has 0 fully saturated rings. The van der Waals surface area contributed by atoms with Gasteiger partial charge in [-0.2, -0.15) is 0 Å². The van der Waals surface area contributed by atoms with Gasteiger partial charge >= 0.3 is 5.69 Å². The van der Waals surface area contributed by atoms with E-state index in [-0.39, 0.29) is 6.54 Å². The highest BCUT2D eigenvalue weighted by molar-refractivity contribution is 5.70. The van der Waals surface area contributed by atoms with Crippen molar-refractivity contribution < 1.29 is 4.42 Å². The molecule has 4 aromatic rings. The van der Waals surface area contributed by atoms with Crippen LogP contribution >= 0.6 is 0 Å². The fraction of sp³-hybridized carbons (Fsp3) is 0.235. The maximum absolute atomic E-state index is 12.5. The fourth-order valence-corrected chi connectivity index (χ4v) is 2.87. The average molecular weight is 352 g/mol.